The number of hydrogen-bond acceptors (Lipinski definition) is 6. The Labute approximate surface area is 182 Å². The van der Waals surface area contributed by atoms with Crippen LogP contribution in [0.3, 0.4) is 0 Å². The maximum atomic E-state index is 13.3. The summed E-state index contributed by atoms with van der Waals surface area (Å²) in [6.45, 7) is 6.91. The van der Waals surface area contributed by atoms with Crippen molar-refractivity contribution >= 4 is 29.1 Å². The van der Waals surface area contributed by atoms with Gasteiger partial charge in [0, 0.05) is 29.6 Å². The predicted octanol–water partition coefficient (Wildman–Crippen LogP) is 3.68. The van der Waals surface area contributed by atoms with Gasteiger partial charge in [0.15, 0.2) is 0 Å². The molecule has 1 unspecified atom stereocenters. The largest absolute Gasteiger partial charge is 0.463 e. The molecule has 1 aliphatic carbocycles. The van der Waals surface area contributed by atoms with Crippen LogP contribution in [-0.4, -0.2) is 43.8 Å². The second-order valence-electron chi connectivity index (χ2n) is 8.49. The highest BCUT2D eigenvalue weighted by molar-refractivity contribution is 6.31. The number of halogens is 1. The zero-order valence-electron chi connectivity index (χ0n) is 17.7. The maximum absolute atomic E-state index is 13.3. The summed E-state index contributed by atoms with van der Waals surface area (Å²) in [5.41, 5.74) is 7.71. The average molecular weight is 433 g/mol. The fourth-order valence-corrected chi connectivity index (χ4v) is 4.63. The Hall–Kier alpha value is -2.02. The van der Waals surface area contributed by atoms with E-state index in [4.69, 9.17) is 31.8 Å². The third-order valence-electron chi connectivity index (χ3n) is 5.49. The van der Waals surface area contributed by atoms with Gasteiger partial charge < -0.3 is 15.2 Å². The SMILES string of the molecule is CCOC(=O)C1=C(COCCN)N=C2CC(C)(C)CC(=O)C2[C@@H]1c1ccccc1Cl. The second kappa shape index (κ2) is 9.41. The number of esters is 1. The number of nitrogens with two attached hydrogens (primary N) is 1. The fraction of sp³-hybridized carbons (Fsp3) is 0.522. The zero-order chi connectivity index (χ0) is 21.9. The number of ketones is 1. The molecule has 3 rings (SSSR count). The third kappa shape index (κ3) is 4.66. The number of carbonyl (C=O) groups is 2. The maximum Gasteiger partial charge on any atom is 0.336 e. The highest BCUT2D eigenvalue weighted by Gasteiger charge is 2.48. The lowest BCUT2D eigenvalue weighted by atomic mass is 9.63. The molecule has 1 saturated carbocycles. The van der Waals surface area contributed by atoms with Gasteiger partial charge in [-0.15, -0.1) is 0 Å². The van der Waals surface area contributed by atoms with Gasteiger partial charge >= 0.3 is 5.97 Å². The van der Waals surface area contributed by atoms with E-state index >= 15 is 0 Å². The summed E-state index contributed by atoms with van der Waals surface area (Å²) in [6, 6.07) is 7.32. The minimum absolute atomic E-state index is 0.0682. The van der Waals surface area contributed by atoms with E-state index in [1.54, 1.807) is 13.0 Å². The van der Waals surface area contributed by atoms with E-state index in [0.29, 0.717) is 42.3 Å². The molecule has 30 heavy (non-hydrogen) atoms. The minimum Gasteiger partial charge on any atom is -0.463 e. The first-order valence-corrected chi connectivity index (χ1v) is 10.7. The molecular weight excluding hydrogens is 404 g/mol. The molecular formula is C23H29ClN2O4. The van der Waals surface area contributed by atoms with E-state index in [1.807, 2.05) is 18.2 Å². The number of rotatable bonds is 7. The van der Waals surface area contributed by atoms with Gasteiger partial charge in [0.2, 0.25) is 0 Å². The minimum atomic E-state index is -0.551. The first-order chi connectivity index (χ1) is 14.3. The summed E-state index contributed by atoms with van der Waals surface area (Å²) in [6.07, 6.45) is 1.09. The normalized spacial score (nSPS) is 23.1. The van der Waals surface area contributed by atoms with Crippen LogP contribution < -0.4 is 5.73 Å². The molecule has 0 radical (unpaired) electrons. The fourth-order valence-electron chi connectivity index (χ4n) is 4.38. The molecule has 0 spiro atoms. The van der Waals surface area contributed by atoms with Crippen LogP contribution in [0, 0.1) is 11.3 Å². The van der Waals surface area contributed by atoms with Gasteiger partial charge in [-0.1, -0.05) is 43.6 Å². The Balaban J connectivity index is 2.20. The highest BCUT2D eigenvalue weighted by atomic mass is 35.5. The van der Waals surface area contributed by atoms with Gasteiger partial charge in [-0.25, -0.2) is 4.79 Å². The van der Waals surface area contributed by atoms with Crippen molar-refractivity contribution in [2.45, 2.75) is 39.5 Å². The van der Waals surface area contributed by atoms with Crippen LogP contribution in [0.25, 0.3) is 0 Å². The first kappa shape index (κ1) is 22.7. The van der Waals surface area contributed by atoms with Gasteiger partial charge in [0.25, 0.3) is 0 Å². The average Bonchev–Trinajstić information content (AvgIpc) is 2.66. The Kier molecular flexibility index (Phi) is 7.11. The van der Waals surface area contributed by atoms with Crippen LogP contribution in [0.1, 0.15) is 45.1 Å². The molecule has 0 aromatic heterocycles. The van der Waals surface area contributed by atoms with Crippen molar-refractivity contribution in [3.8, 4) is 0 Å². The number of carbonyl (C=O) groups excluding carboxylic acids is 2. The van der Waals surface area contributed by atoms with Crippen molar-refractivity contribution in [3.05, 3.63) is 46.1 Å². The van der Waals surface area contributed by atoms with Gasteiger partial charge in [-0.2, -0.15) is 0 Å². The third-order valence-corrected chi connectivity index (χ3v) is 5.83. The second-order valence-corrected chi connectivity index (χ2v) is 8.89. The van der Waals surface area contributed by atoms with Crippen molar-refractivity contribution in [2.24, 2.45) is 22.1 Å². The lowest BCUT2D eigenvalue weighted by Crippen LogP contribution is -2.44. The number of benzene rings is 1. The van der Waals surface area contributed by atoms with Crippen LogP contribution in [0.5, 0.6) is 0 Å². The zero-order valence-corrected chi connectivity index (χ0v) is 18.5. The van der Waals surface area contributed by atoms with Crippen molar-refractivity contribution in [1.29, 1.82) is 0 Å². The number of ether oxygens (including phenoxy) is 2. The van der Waals surface area contributed by atoms with Gasteiger partial charge in [0.1, 0.15) is 5.78 Å². The quantitative estimate of drug-likeness (QED) is 0.524. The van der Waals surface area contributed by atoms with Crippen molar-refractivity contribution < 1.29 is 19.1 Å². The molecule has 6 nitrogen and oxygen atoms in total. The van der Waals surface area contributed by atoms with E-state index in [0.717, 1.165) is 11.3 Å². The Morgan fingerprint density at radius 2 is 2.00 bits per heavy atom. The monoisotopic (exact) mass is 432 g/mol. The number of Topliss-reactive ketones (excluding diaryl/α,β-unsaturated/α-hetero) is 1. The summed E-state index contributed by atoms with van der Waals surface area (Å²) in [4.78, 5) is 31.1. The van der Waals surface area contributed by atoms with E-state index < -0.39 is 17.8 Å². The van der Waals surface area contributed by atoms with Gasteiger partial charge in [0.05, 0.1) is 37.0 Å². The Bertz CT molecular complexity index is 891. The molecule has 2 N–H and O–H groups in total. The molecule has 1 fully saturated rings. The number of hydrogen-bond donors (Lipinski definition) is 1. The van der Waals surface area contributed by atoms with Crippen molar-refractivity contribution in [2.75, 3.05) is 26.4 Å². The Morgan fingerprint density at radius 1 is 1.27 bits per heavy atom. The molecule has 7 heteroatoms. The standard InChI is InChI=1S/C23H29ClN2O4/c1-4-30-22(28)21-17(13-29-10-9-25)26-16-11-23(2,3)12-18(27)20(16)19(21)14-7-5-6-8-15(14)24/h5-8,19-20H,4,9-13,25H2,1-3H3/t19-,20?/m0/s1. The molecule has 1 heterocycles. The van der Waals surface area contributed by atoms with Gasteiger partial charge in [-0.3, -0.25) is 9.79 Å². The molecule has 0 bridgehead atoms. The predicted molar refractivity (Wildman–Crippen MR) is 117 cm³/mol. The molecule has 1 aromatic carbocycles. The number of fused-ring (bicyclic) bond motifs is 1. The molecule has 1 aromatic rings. The van der Waals surface area contributed by atoms with Crippen LogP contribution in [0.2, 0.25) is 5.02 Å². The molecule has 162 valence electrons. The summed E-state index contributed by atoms with van der Waals surface area (Å²) < 4.78 is 11.0. The van der Waals surface area contributed by atoms with Crippen LogP contribution >= 0.6 is 11.6 Å². The van der Waals surface area contributed by atoms with E-state index in [-0.39, 0.29) is 24.4 Å². The topological polar surface area (TPSA) is 91.0 Å². The first-order valence-electron chi connectivity index (χ1n) is 10.3. The highest BCUT2D eigenvalue weighted by Crippen LogP contribution is 2.48. The summed E-state index contributed by atoms with van der Waals surface area (Å²) in [5.74, 6) is -1.51. The smallest absolute Gasteiger partial charge is 0.336 e. The van der Waals surface area contributed by atoms with Crippen LogP contribution in [-0.2, 0) is 19.1 Å². The summed E-state index contributed by atoms with van der Waals surface area (Å²) in [7, 11) is 0. The molecule has 1 aliphatic heterocycles. The van der Waals surface area contributed by atoms with E-state index in [2.05, 4.69) is 13.8 Å². The molecule has 2 atom stereocenters. The molecule has 2 aliphatic rings. The van der Waals surface area contributed by atoms with E-state index in [9.17, 15) is 9.59 Å². The summed E-state index contributed by atoms with van der Waals surface area (Å²) >= 11 is 6.54. The Morgan fingerprint density at radius 3 is 2.67 bits per heavy atom. The number of aliphatic imine (C=N–C) groups is 1. The van der Waals surface area contributed by atoms with Crippen molar-refractivity contribution in [1.82, 2.24) is 0 Å². The number of nitrogens with zero attached hydrogens (tertiary/aromatic N) is 1. The lowest BCUT2D eigenvalue weighted by Gasteiger charge is -2.41. The molecule has 0 amide bonds. The van der Waals surface area contributed by atoms with E-state index in [1.165, 1.54) is 0 Å². The van der Waals surface area contributed by atoms with Gasteiger partial charge in [-0.05, 0) is 30.4 Å². The molecule has 0 saturated heterocycles. The lowest BCUT2D eigenvalue weighted by molar-refractivity contribution is -0.139. The summed E-state index contributed by atoms with van der Waals surface area (Å²) in [5, 5.41) is 0.505. The van der Waals surface area contributed by atoms with Crippen LogP contribution in [0.4, 0.5) is 0 Å². The van der Waals surface area contributed by atoms with Crippen LogP contribution in [0.15, 0.2) is 40.5 Å². The van der Waals surface area contributed by atoms with Crippen molar-refractivity contribution in [3.63, 3.8) is 0 Å².